The number of nitriles is 1. The van der Waals surface area contributed by atoms with Crippen LogP contribution < -0.4 is 15.2 Å². The second kappa shape index (κ2) is 6.12. The van der Waals surface area contributed by atoms with Gasteiger partial charge < -0.3 is 15.2 Å². The average molecular weight is 234 g/mol. The van der Waals surface area contributed by atoms with E-state index in [1.807, 2.05) is 31.2 Å². The lowest BCUT2D eigenvalue weighted by Crippen LogP contribution is -2.18. The van der Waals surface area contributed by atoms with Gasteiger partial charge in [0, 0.05) is 6.04 Å². The topological polar surface area (TPSA) is 68.3 Å². The fraction of sp³-hybridized carbons (Fsp3) is 0.462. The van der Waals surface area contributed by atoms with Gasteiger partial charge in [0.15, 0.2) is 17.6 Å². The van der Waals surface area contributed by atoms with Crippen LogP contribution in [0.2, 0.25) is 0 Å². The number of hydrogen-bond acceptors (Lipinski definition) is 4. The second-order valence-corrected chi connectivity index (χ2v) is 4.06. The second-order valence-electron chi connectivity index (χ2n) is 4.06. The minimum absolute atomic E-state index is 0.0876. The summed E-state index contributed by atoms with van der Waals surface area (Å²) >= 11 is 0. The molecule has 0 spiro atoms. The molecule has 2 N–H and O–H groups in total. The number of nitrogens with zero attached hydrogens (tertiary/aromatic N) is 1. The van der Waals surface area contributed by atoms with Gasteiger partial charge in [0.2, 0.25) is 0 Å². The monoisotopic (exact) mass is 234 g/mol. The van der Waals surface area contributed by atoms with Crippen LogP contribution in [0, 0.1) is 11.3 Å². The molecule has 0 aromatic heterocycles. The average Bonchev–Trinajstić information content (AvgIpc) is 2.28. The van der Waals surface area contributed by atoms with E-state index >= 15 is 0 Å². The van der Waals surface area contributed by atoms with Gasteiger partial charge in [-0.15, -0.1) is 0 Å². The zero-order valence-electron chi connectivity index (χ0n) is 10.4. The number of rotatable bonds is 5. The van der Waals surface area contributed by atoms with Gasteiger partial charge in [-0.05, 0) is 38.0 Å². The van der Waals surface area contributed by atoms with Crippen molar-refractivity contribution in [2.24, 2.45) is 5.73 Å². The Hall–Kier alpha value is -1.73. The zero-order valence-corrected chi connectivity index (χ0v) is 10.4. The summed E-state index contributed by atoms with van der Waals surface area (Å²) in [6, 6.07) is 7.76. The third-order valence-electron chi connectivity index (χ3n) is 2.27. The maximum Gasteiger partial charge on any atom is 0.181 e. The summed E-state index contributed by atoms with van der Waals surface area (Å²) in [6.45, 7) is 3.64. The Kier molecular flexibility index (Phi) is 4.80. The summed E-state index contributed by atoms with van der Waals surface area (Å²) in [5.74, 6) is 1.21. The van der Waals surface area contributed by atoms with E-state index in [4.69, 9.17) is 20.5 Å². The van der Waals surface area contributed by atoms with Crippen molar-refractivity contribution in [1.82, 2.24) is 0 Å². The number of hydrogen-bond donors (Lipinski definition) is 1. The van der Waals surface area contributed by atoms with Crippen LogP contribution in [0.3, 0.4) is 0 Å². The minimum atomic E-state index is -0.505. The molecule has 4 heteroatoms. The van der Waals surface area contributed by atoms with Gasteiger partial charge in [0.1, 0.15) is 6.07 Å². The van der Waals surface area contributed by atoms with Gasteiger partial charge in [-0.3, -0.25) is 0 Å². The largest absolute Gasteiger partial charge is 0.493 e. The first kappa shape index (κ1) is 13.3. The summed E-state index contributed by atoms with van der Waals surface area (Å²) in [4.78, 5) is 0. The lowest BCUT2D eigenvalue weighted by molar-refractivity contribution is 0.259. The Morgan fingerprint density at radius 1 is 1.35 bits per heavy atom. The molecule has 0 aliphatic heterocycles. The Balaban J connectivity index is 2.94. The Morgan fingerprint density at radius 2 is 2.06 bits per heavy atom. The molecule has 1 aromatic rings. The molecule has 0 bridgehead atoms. The number of nitrogens with two attached hydrogens (primary N) is 1. The normalized spacial score (nSPS) is 13.6. The van der Waals surface area contributed by atoms with E-state index in [0.29, 0.717) is 11.5 Å². The summed E-state index contributed by atoms with van der Waals surface area (Å²) in [7, 11) is 1.57. The molecular formula is C13H18N2O2. The number of methoxy groups -OCH3 is 1. The van der Waals surface area contributed by atoms with Crippen LogP contribution in [0.5, 0.6) is 11.5 Å². The van der Waals surface area contributed by atoms with Crippen LogP contribution >= 0.6 is 0 Å². The quantitative estimate of drug-likeness (QED) is 0.844. The third-order valence-corrected chi connectivity index (χ3v) is 2.27. The van der Waals surface area contributed by atoms with E-state index < -0.39 is 6.10 Å². The van der Waals surface area contributed by atoms with Crippen molar-refractivity contribution in [3.63, 3.8) is 0 Å². The van der Waals surface area contributed by atoms with Gasteiger partial charge in [-0.25, -0.2) is 0 Å². The zero-order chi connectivity index (χ0) is 12.8. The predicted octanol–water partition coefficient (Wildman–Crippen LogP) is 1.88. The summed E-state index contributed by atoms with van der Waals surface area (Å²) in [5, 5.41) is 8.74. The van der Waals surface area contributed by atoms with Gasteiger partial charge >= 0.3 is 0 Å². The van der Waals surface area contributed by atoms with Crippen LogP contribution in [0.4, 0.5) is 0 Å². The molecule has 1 aromatic carbocycles. The molecule has 1 rings (SSSR count). The predicted molar refractivity (Wildman–Crippen MR) is 66.1 cm³/mol. The van der Waals surface area contributed by atoms with Crippen LogP contribution in [0.1, 0.15) is 19.4 Å². The standard InChI is InChI=1S/C13H18N2O2/c1-9(15)6-11-4-5-12(16-3)13(7-11)17-10(2)8-14/h4-5,7,9-10H,6,15H2,1-3H3. The van der Waals surface area contributed by atoms with Gasteiger partial charge in [-0.2, -0.15) is 5.26 Å². The van der Waals surface area contributed by atoms with Gasteiger partial charge in [-0.1, -0.05) is 6.07 Å². The molecule has 0 saturated carbocycles. The molecule has 0 radical (unpaired) electrons. The summed E-state index contributed by atoms with van der Waals surface area (Å²) in [6.07, 6.45) is 0.260. The van der Waals surface area contributed by atoms with Crippen molar-refractivity contribution < 1.29 is 9.47 Å². The fourth-order valence-corrected chi connectivity index (χ4v) is 1.53. The van der Waals surface area contributed by atoms with Crippen LogP contribution in [0.15, 0.2) is 18.2 Å². The van der Waals surface area contributed by atoms with Crippen LogP contribution in [-0.2, 0) is 6.42 Å². The number of ether oxygens (including phenoxy) is 2. The molecule has 0 amide bonds. The Bertz CT molecular complexity index is 410. The van der Waals surface area contributed by atoms with Gasteiger partial charge in [0.05, 0.1) is 7.11 Å². The molecular weight excluding hydrogens is 216 g/mol. The molecule has 0 fully saturated rings. The summed E-state index contributed by atoms with van der Waals surface area (Å²) in [5.41, 5.74) is 6.82. The third kappa shape index (κ3) is 3.97. The molecule has 0 saturated heterocycles. The molecule has 2 atom stereocenters. The first-order chi connectivity index (χ1) is 8.06. The molecule has 0 heterocycles. The molecule has 0 aliphatic carbocycles. The highest BCUT2D eigenvalue weighted by Crippen LogP contribution is 2.29. The molecule has 0 aliphatic rings. The Morgan fingerprint density at radius 3 is 2.59 bits per heavy atom. The summed E-state index contributed by atoms with van der Waals surface area (Å²) < 4.78 is 10.7. The Labute approximate surface area is 102 Å². The number of benzene rings is 1. The van der Waals surface area contributed by atoms with Crippen molar-refractivity contribution in [3.8, 4) is 17.6 Å². The SMILES string of the molecule is COc1ccc(CC(C)N)cc1OC(C)C#N. The highest BCUT2D eigenvalue weighted by Gasteiger charge is 2.10. The fourth-order valence-electron chi connectivity index (χ4n) is 1.53. The highest BCUT2D eigenvalue weighted by molar-refractivity contribution is 5.43. The first-order valence-electron chi connectivity index (χ1n) is 5.55. The lowest BCUT2D eigenvalue weighted by atomic mass is 10.1. The smallest absolute Gasteiger partial charge is 0.181 e. The van der Waals surface area contributed by atoms with Crippen molar-refractivity contribution in [1.29, 1.82) is 5.26 Å². The van der Waals surface area contributed by atoms with E-state index in [9.17, 15) is 0 Å². The van der Waals surface area contributed by atoms with Crippen molar-refractivity contribution in [3.05, 3.63) is 23.8 Å². The van der Waals surface area contributed by atoms with Crippen LogP contribution in [-0.4, -0.2) is 19.3 Å². The van der Waals surface area contributed by atoms with E-state index in [-0.39, 0.29) is 6.04 Å². The maximum atomic E-state index is 8.74. The van der Waals surface area contributed by atoms with Crippen molar-refractivity contribution >= 4 is 0 Å². The molecule has 2 unspecified atom stereocenters. The molecule has 4 nitrogen and oxygen atoms in total. The van der Waals surface area contributed by atoms with Crippen molar-refractivity contribution in [2.45, 2.75) is 32.4 Å². The first-order valence-corrected chi connectivity index (χ1v) is 5.55. The maximum absolute atomic E-state index is 8.74. The van der Waals surface area contributed by atoms with Crippen LogP contribution in [0.25, 0.3) is 0 Å². The van der Waals surface area contributed by atoms with Gasteiger partial charge in [0.25, 0.3) is 0 Å². The van der Waals surface area contributed by atoms with E-state index in [2.05, 4.69) is 0 Å². The van der Waals surface area contributed by atoms with Crippen molar-refractivity contribution in [2.75, 3.05) is 7.11 Å². The highest BCUT2D eigenvalue weighted by atomic mass is 16.5. The molecule has 92 valence electrons. The van der Waals surface area contributed by atoms with E-state index in [1.165, 1.54) is 0 Å². The van der Waals surface area contributed by atoms with E-state index in [0.717, 1.165) is 12.0 Å². The lowest BCUT2D eigenvalue weighted by Gasteiger charge is -2.14. The van der Waals surface area contributed by atoms with E-state index in [1.54, 1.807) is 14.0 Å². The molecule has 17 heavy (non-hydrogen) atoms. The minimum Gasteiger partial charge on any atom is -0.493 e.